The summed E-state index contributed by atoms with van der Waals surface area (Å²) in [7, 11) is 0. The maximum atomic E-state index is 12.2. The second-order valence-electron chi connectivity index (χ2n) is 7.60. The zero-order valence-electron chi connectivity index (χ0n) is 18.1. The lowest BCUT2D eigenvalue weighted by Gasteiger charge is -2.35. The van der Waals surface area contributed by atoms with Crippen molar-refractivity contribution in [1.29, 1.82) is 0 Å². The minimum Gasteiger partial charge on any atom is -0.452 e. The number of benzene rings is 2. The van der Waals surface area contributed by atoms with Crippen LogP contribution in [0.4, 0.5) is 11.4 Å². The SMILES string of the molecule is CCN1CCN(c2ccc(NC(=O)COC(=O)c3cnn(-c4ccccc4)c3)cc2)CC1. The molecule has 0 radical (unpaired) electrons. The van der Waals surface area contributed by atoms with Crippen molar-refractivity contribution >= 4 is 23.3 Å². The largest absolute Gasteiger partial charge is 0.452 e. The number of aromatic nitrogens is 2. The highest BCUT2D eigenvalue weighted by Crippen LogP contribution is 2.19. The standard InChI is InChI=1S/C24H27N5O3/c1-2-27-12-14-28(15-13-27)21-10-8-20(9-11-21)26-23(30)18-32-24(31)19-16-25-29(17-19)22-6-4-3-5-7-22/h3-11,16-17H,2,12-15,18H2,1H3,(H,26,30). The van der Waals surface area contributed by atoms with Gasteiger partial charge in [0.05, 0.1) is 17.4 Å². The quantitative estimate of drug-likeness (QED) is 0.577. The molecular formula is C24H27N5O3. The van der Waals surface area contributed by atoms with Crippen LogP contribution in [0.15, 0.2) is 67.0 Å². The van der Waals surface area contributed by atoms with Gasteiger partial charge in [0.1, 0.15) is 0 Å². The summed E-state index contributed by atoms with van der Waals surface area (Å²) in [4.78, 5) is 29.2. The minimum absolute atomic E-state index is 0.286. The Morgan fingerprint density at radius 1 is 0.969 bits per heavy atom. The third-order valence-electron chi connectivity index (χ3n) is 5.51. The van der Waals surface area contributed by atoms with Crippen molar-refractivity contribution in [3.05, 3.63) is 72.6 Å². The summed E-state index contributed by atoms with van der Waals surface area (Å²) in [5.74, 6) is -0.984. The van der Waals surface area contributed by atoms with E-state index in [1.165, 1.54) is 6.20 Å². The fraction of sp³-hybridized carbons (Fsp3) is 0.292. The van der Waals surface area contributed by atoms with Crippen LogP contribution in [0.25, 0.3) is 5.69 Å². The summed E-state index contributed by atoms with van der Waals surface area (Å²) in [6, 6.07) is 17.2. The number of hydrogen-bond donors (Lipinski definition) is 1. The van der Waals surface area contributed by atoms with Crippen LogP contribution in [0.1, 0.15) is 17.3 Å². The van der Waals surface area contributed by atoms with Crippen LogP contribution in [0.2, 0.25) is 0 Å². The minimum atomic E-state index is -0.594. The monoisotopic (exact) mass is 433 g/mol. The molecule has 8 heteroatoms. The summed E-state index contributed by atoms with van der Waals surface area (Å²) in [5.41, 5.74) is 2.92. The van der Waals surface area contributed by atoms with E-state index in [4.69, 9.17) is 4.74 Å². The van der Waals surface area contributed by atoms with Gasteiger partial charge in [-0.15, -0.1) is 0 Å². The van der Waals surface area contributed by atoms with Gasteiger partial charge in [0.2, 0.25) is 0 Å². The zero-order chi connectivity index (χ0) is 22.3. The number of piperazine rings is 1. The van der Waals surface area contributed by atoms with Gasteiger partial charge in [-0.25, -0.2) is 9.48 Å². The number of ether oxygens (including phenoxy) is 1. The fourth-order valence-electron chi connectivity index (χ4n) is 3.64. The molecule has 2 heterocycles. The van der Waals surface area contributed by atoms with Gasteiger partial charge in [0, 0.05) is 43.8 Å². The van der Waals surface area contributed by atoms with E-state index < -0.39 is 11.9 Å². The van der Waals surface area contributed by atoms with Gasteiger partial charge in [-0.2, -0.15) is 5.10 Å². The van der Waals surface area contributed by atoms with Crippen molar-refractivity contribution in [2.75, 3.05) is 49.5 Å². The molecule has 0 spiro atoms. The van der Waals surface area contributed by atoms with Gasteiger partial charge in [0.15, 0.2) is 6.61 Å². The predicted molar refractivity (Wildman–Crippen MR) is 123 cm³/mol. The Bertz CT molecular complexity index is 1040. The van der Waals surface area contributed by atoms with Gasteiger partial charge in [-0.05, 0) is 42.9 Å². The summed E-state index contributed by atoms with van der Waals surface area (Å²) < 4.78 is 6.72. The number of carbonyl (C=O) groups excluding carboxylic acids is 2. The van der Waals surface area contributed by atoms with Gasteiger partial charge in [-0.1, -0.05) is 25.1 Å². The lowest BCUT2D eigenvalue weighted by molar-refractivity contribution is -0.119. The highest BCUT2D eigenvalue weighted by Gasteiger charge is 2.16. The molecule has 1 fully saturated rings. The number of hydrogen-bond acceptors (Lipinski definition) is 6. The summed E-state index contributed by atoms with van der Waals surface area (Å²) in [6.07, 6.45) is 3.00. The van der Waals surface area contributed by atoms with E-state index in [2.05, 4.69) is 27.1 Å². The van der Waals surface area contributed by atoms with Crippen molar-refractivity contribution < 1.29 is 14.3 Å². The van der Waals surface area contributed by atoms with Gasteiger partial charge >= 0.3 is 5.97 Å². The third kappa shape index (κ3) is 5.33. The van der Waals surface area contributed by atoms with Crippen LogP contribution in [0, 0.1) is 0 Å². The van der Waals surface area contributed by atoms with E-state index in [0.717, 1.165) is 44.1 Å². The molecule has 1 amide bonds. The number of nitrogens with one attached hydrogen (secondary N) is 1. The first-order valence-corrected chi connectivity index (χ1v) is 10.8. The normalized spacial score (nSPS) is 14.2. The fourth-order valence-corrected chi connectivity index (χ4v) is 3.64. The molecular weight excluding hydrogens is 406 g/mol. The summed E-state index contributed by atoms with van der Waals surface area (Å²) in [5, 5.41) is 6.93. The molecule has 0 atom stereocenters. The van der Waals surface area contributed by atoms with Crippen LogP contribution >= 0.6 is 0 Å². The third-order valence-corrected chi connectivity index (χ3v) is 5.51. The molecule has 1 saturated heterocycles. The number of nitrogens with zero attached hydrogens (tertiary/aromatic N) is 4. The Balaban J connectivity index is 1.25. The van der Waals surface area contributed by atoms with Crippen molar-refractivity contribution in [1.82, 2.24) is 14.7 Å². The van der Waals surface area contributed by atoms with Crippen LogP contribution < -0.4 is 10.2 Å². The van der Waals surface area contributed by atoms with Crippen LogP contribution in [-0.4, -0.2) is 65.9 Å². The Morgan fingerprint density at radius 3 is 2.38 bits per heavy atom. The van der Waals surface area contributed by atoms with Gasteiger partial charge in [-0.3, -0.25) is 4.79 Å². The first kappa shape index (κ1) is 21.6. The van der Waals surface area contributed by atoms with E-state index in [1.54, 1.807) is 10.9 Å². The average molecular weight is 434 g/mol. The summed E-state index contributed by atoms with van der Waals surface area (Å²) >= 11 is 0. The molecule has 32 heavy (non-hydrogen) atoms. The molecule has 8 nitrogen and oxygen atoms in total. The number of esters is 1. The lowest BCUT2D eigenvalue weighted by atomic mass is 10.2. The molecule has 3 aromatic rings. The molecule has 1 aromatic heterocycles. The Labute approximate surface area is 187 Å². The van der Waals surface area contributed by atoms with Crippen molar-refractivity contribution in [3.63, 3.8) is 0 Å². The van der Waals surface area contributed by atoms with Crippen LogP contribution in [0.5, 0.6) is 0 Å². The highest BCUT2D eigenvalue weighted by molar-refractivity contribution is 5.95. The van der Waals surface area contributed by atoms with E-state index >= 15 is 0 Å². The molecule has 166 valence electrons. The maximum Gasteiger partial charge on any atom is 0.341 e. The molecule has 1 aliphatic heterocycles. The Kier molecular flexibility index (Phi) is 6.81. The predicted octanol–water partition coefficient (Wildman–Crippen LogP) is 2.81. The van der Waals surface area contributed by atoms with Gasteiger partial charge < -0.3 is 19.9 Å². The molecule has 4 rings (SSSR count). The molecule has 2 aromatic carbocycles. The highest BCUT2D eigenvalue weighted by atomic mass is 16.5. The van der Waals surface area contributed by atoms with E-state index in [1.807, 2.05) is 54.6 Å². The molecule has 0 aliphatic carbocycles. The number of likely N-dealkylation sites (N-methyl/N-ethyl adjacent to an activating group) is 1. The maximum absolute atomic E-state index is 12.2. The molecule has 1 aliphatic rings. The topological polar surface area (TPSA) is 79.7 Å². The van der Waals surface area contributed by atoms with E-state index in [0.29, 0.717) is 5.69 Å². The number of carbonyl (C=O) groups is 2. The number of amides is 1. The average Bonchev–Trinajstić information content (AvgIpc) is 3.34. The molecule has 0 unspecified atom stereocenters. The van der Waals surface area contributed by atoms with E-state index in [-0.39, 0.29) is 12.2 Å². The van der Waals surface area contributed by atoms with Crippen molar-refractivity contribution in [2.24, 2.45) is 0 Å². The van der Waals surface area contributed by atoms with E-state index in [9.17, 15) is 9.59 Å². The second kappa shape index (κ2) is 10.1. The first-order valence-electron chi connectivity index (χ1n) is 10.8. The molecule has 0 bridgehead atoms. The lowest BCUT2D eigenvalue weighted by Crippen LogP contribution is -2.46. The summed E-state index contributed by atoms with van der Waals surface area (Å²) in [6.45, 7) is 7.01. The van der Waals surface area contributed by atoms with Crippen LogP contribution in [0.3, 0.4) is 0 Å². The number of para-hydroxylation sites is 1. The van der Waals surface area contributed by atoms with Crippen LogP contribution in [-0.2, 0) is 9.53 Å². The Hall–Kier alpha value is -3.65. The molecule has 0 saturated carbocycles. The number of rotatable bonds is 7. The zero-order valence-corrected chi connectivity index (χ0v) is 18.1. The van der Waals surface area contributed by atoms with Gasteiger partial charge in [0.25, 0.3) is 5.91 Å². The van der Waals surface area contributed by atoms with Crippen molar-refractivity contribution in [3.8, 4) is 5.69 Å². The first-order chi connectivity index (χ1) is 15.6. The second-order valence-corrected chi connectivity index (χ2v) is 7.60. The van der Waals surface area contributed by atoms with Crippen molar-refractivity contribution in [2.45, 2.75) is 6.92 Å². The Morgan fingerprint density at radius 2 is 1.69 bits per heavy atom. The number of anilines is 2. The molecule has 1 N–H and O–H groups in total. The smallest absolute Gasteiger partial charge is 0.341 e.